The number of esters is 4. The van der Waals surface area contributed by atoms with Crippen LogP contribution in [0.2, 0.25) is 0 Å². The molecule has 7 aromatic rings. The van der Waals surface area contributed by atoms with Crippen LogP contribution in [-0.2, 0) is 45.5 Å². The number of nitrogens with one attached hydrogen (secondary N) is 4. The standard InChI is InChI=1S/C61H53N7O19/c1-66(2)32-14-17-38-47(23-32)86-48-24-33(67(3)4)15-18-39(48)61(38)37-16-13-31(22-36(37)57(79)87-61)53(75)62-25-30-8-7-21-68(26-30)43-19-20-46(71)52(74)49(43)56(78)65-42-29-85-59(81)40(63-54(76)34-9-5-11-44(69)50(34)72)27-83-58(80)41(28-84-60(42)82)64-55(77)35-10-6-12-45(70)51(35)73/h5-24,26,40-42H,25,27-29H2,1-4H3,(H9-,62,63,64,65,69,70,71,72,73,74,75,76,77,78)/p+1. The zero-order chi connectivity index (χ0) is 62.2. The zero-order valence-corrected chi connectivity index (χ0v) is 46.5. The molecule has 6 aromatic carbocycles. The minimum atomic E-state index is -2.03. The molecule has 3 aliphatic rings. The SMILES string of the molecule is CN(C)c1ccc2c(c1)Oc1cc(N(C)C)ccc1C21OC(=O)c2cc(C(=O)NCc3ccc[n+](-c4ccc(O)c(O)c4C(=O)NC4COC(=O)C(NC(=O)c5cccc(O)c5O)COC(=O)C(NC(=O)c5cccc(O)c5O)COC4=O)c3)ccc21. The van der Waals surface area contributed by atoms with Gasteiger partial charge in [0, 0.05) is 98.2 Å². The summed E-state index contributed by atoms with van der Waals surface area (Å²) in [6.07, 6.45) is 2.92. The maximum Gasteiger partial charge on any atom is 0.340 e. The molecule has 3 unspecified atom stereocenters. The molecule has 0 saturated carbocycles. The fourth-order valence-electron chi connectivity index (χ4n) is 9.91. The number of carbonyl (C=O) groups is 8. The molecular formula is C61H54N7O19+. The summed E-state index contributed by atoms with van der Waals surface area (Å²) in [5.41, 5.74) is 0.784. The van der Waals surface area contributed by atoms with Gasteiger partial charge >= 0.3 is 23.9 Å². The monoisotopic (exact) mass is 1190 g/mol. The van der Waals surface area contributed by atoms with Gasteiger partial charge in [-0.05, 0) is 72.8 Å². The number of anilines is 2. The van der Waals surface area contributed by atoms with Crippen LogP contribution in [0.25, 0.3) is 5.69 Å². The number of phenolic OH excluding ortho intramolecular Hbond substituents is 6. The van der Waals surface area contributed by atoms with Crippen LogP contribution in [0.4, 0.5) is 11.4 Å². The number of hydrogen-bond donors (Lipinski definition) is 10. The number of pyridine rings is 1. The van der Waals surface area contributed by atoms with Gasteiger partial charge in [0.15, 0.2) is 76.2 Å². The summed E-state index contributed by atoms with van der Waals surface area (Å²) in [6, 6.07) is 22.1. The van der Waals surface area contributed by atoms with E-state index in [2.05, 4.69) is 21.3 Å². The number of hydrogen-bond acceptors (Lipinski definition) is 21. The number of phenols is 6. The van der Waals surface area contributed by atoms with Gasteiger partial charge in [0.25, 0.3) is 23.6 Å². The second-order valence-electron chi connectivity index (χ2n) is 20.5. The fourth-order valence-corrected chi connectivity index (χ4v) is 9.91. The maximum absolute atomic E-state index is 14.4. The van der Waals surface area contributed by atoms with Crippen molar-refractivity contribution in [1.82, 2.24) is 21.3 Å². The lowest BCUT2D eigenvalue weighted by molar-refractivity contribution is -0.596. The Bertz CT molecular complexity index is 3900. The number of carbonyl (C=O) groups excluding carboxylic acids is 8. The van der Waals surface area contributed by atoms with Crippen molar-refractivity contribution in [3.05, 3.63) is 178 Å². The third-order valence-electron chi connectivity index (χ3n) is 14.5. The molecule has 0 radical (unpaired) electrons. The molecule has 0 aliphatic carbocycles. The number of cyclic esters (lactones) is 3. The number of benzene rings is 6. The molecule has 10 N–H and O–H groups in total. The van der Waals surface area contributed by atoms with Crippen LogP contribution in [0.1, 0.15) is 74.0 Å². The van der Waals surface area contributed by atoms with Crippen LogP contribution in [0, 0.1) is 0 Å². The Kier molecular flexibility index (Phi) is 15.9. The summed E-state index contributed by atoms with van der Waals surface area (Å²) in [4.78, 5) is 114. The predicted octanol–water partition coefficient (Wildman–Crippen LogP) is 3.17. The molecule has 4 amide bonds. The minimum Gasteiger partial charge on any atom is -0.504 e. The number of amides is 4. The number of para-hydroxylation sites is 2. The number of aromatic hydroxyl groups is 6. The quantitative estimate of drug-likeness (QED) is 0.0363. The molecule has 0 bridgehead atoms. The number of aromatic nitrogens is 1. The second-order valence-corrected chi connectivity index (χ2v) is 20.5. The van der Waals surface area contributed by atoms with Gasteiger partial charge in [-0.3, -0.25) is 19.2 Å². The van der Waals surface area contributed by atoms with Crippen molar-refractivity contribution in [3.63, 3.8) is 0 Å². The van der Waals surface area contributed by atoms with Crippen molar-refractivity contribution < 1.29 is 97.2 Å². The third-order valence-corrected chi connectivity index (χ3v) is 14.5. The van der Waals surface area contributed by atoms with Gasteiger partial charge in [-0.25, -0.2) is 19.2 Å². The fraction of sp³-hybridized carbons (Fsp3) is 0.197. The van der Waals surface area contributed by atoms with Crippen LogP contribution >= 0.6 is 0 Å². The molecule has 1 spiro atoms. The number of fused-ring (bicyclic) bond motifs is 6. The highest BCUT2D eigenvalue weighted by Gasteiger charge is 2.54. The topological polar surface area (TPSA) is 363 Å². The van der Waals surface area contributed by atoms with Gasteiger partial charge in [-0.2, -0.15) is 4.57 Å². The van der Waals surface area contributed by atoms with E-state index in [1.807, 2.05) is 74.4 Å². The Morgan fingerprint density at radius 3 is 1.56 bits per heavy atom. The summed E-state index contributed by atoms with van der Waals surface area (Å²) in [7, 11) is 7.57. The van der Waals surface area contributed by atoms with E-state index in [1.54, 1.807) is 18.2 Å². The predicted molar refractivity (Wildman–Crippen MR) is 302 cm³/mol. The largest absolute Gasteiger partial charge is 0.504 e. The summed E-state index contributed by atoms with van der Waals surface area (Å²) in [5.74, 6) is -13.1. The normalized spacial score (nSPS) is 16.7. The van der Waals surface area contributed by atoms with Gasteiger partial charge in [0.1, 0.15) is 31.3 Å². The molecule has 1 aromatic heterocycles. The first-order valence-electron chi connectivity index (χ1n) is 26.5. The maximum atomic E-state index is 14.4. The first-order valence-corrected chi connectivity index (χ1v) is 26.5. The van der Waals surface area contributed by atoms with Crippen molar-refractivity contribution >= 4 is 58.9 Å². The van der Waals surface area contributed by atoms with Crippen molar-refractivity contribution in [3.8, 4) is 51.7 Å². The summed E-state index contributed by atoms with van der Waals surface area (Å²) < 4.78 is 30.1. The highest BCUT2D eigenvalue weighted by molar-refractivity contribution is 6.04. The smallest absolute Gasteiger partial charge is 0.340 e. The summed E-state index contributed by atoms with van der Waals surface area (Å²) in [5, 5.41) is 72.2. The molecule has 87 heavy (non-hydrogen) atoms. The van der Waals surface area contributed by atoms with Crippen molar-refractivity contribution in [2.24, 2.45) is 0 Å². The van der Waals surface area contributed by atoms with E-state index in [4.69, 9.17) is 23.7 Å². The van der Waals surface area contributed by atoms with E-state index in [1.165, 1.54) is 47.3 Å². The molecule has 3 aliphatic heterocycles. The first-order chi connectivity index (χ1) is 41.5. The number of rotatable bonds is 12. The highest BCUT2D eigenvalue weighted by Crippen LogP contribution is 2.57. The lowest BCUT2D eigenvalue weighted by Gasteiger charge is -2.37. The second kappa shape index (κ2) is 23.6. The third kappa shape index (κ3) is 11.4. The lowest BCUT2D eigenvalue weighted by atomic mass is 9.77. The molecule has 1 fully saturated rings. The first kappa shape index (κ1) is 58.6. The Hall–Kier alpha value is -11.6. The van der Waals surface area contributed by atoms with E-state index in [9.17, 15) is 69.0 Å². The molecule has 1 saturated heterocycles. The van der Waals surface area contributed by atoms with Gasteiger partial charge in [-0.1, -0.05) is 18.2 Å². The number of ether oxygens (including phenoxy) is 5. The summed E-state index contributed by atoms with van der Waals surface area (Å²) >= 11 is 0. The Balaban J connectivity index is 0.890. The van der Waals surface area contributed by atoms with Crippen LogP contribution in [0.15, 0.2) is 128 Å². The molecule has 26 heteroatoms. The Morgan fingerprint density at radius 1 is 0.552 bits per heavy atom. The van der Waals surface area contributed by atoms with Crippen molar-refractivity contribution in [2.45, 2.75) is 30.3 Å². The molecule has 26 nitrogen and oxygen atoms in total. The molecule has 3 atom stereocenters. The Labute approximate surface area is 493 Å². The van der Waals surface area contributed by atoms with E-state index >= 15 is 0 Å². The van der Waals surface area contributed by atoms with Crippen molar-refractivity contribution in [2.75, 3.05) is 57.8 Å². The van der Waals surface area contributed by atoms with Gasteiger partial charge in [0.05, 0.1) is 16.7 Å². The lowest BCUT2D eigenvalue weighted by Crippen LogP contribution is -2.53. The summed E-state index contributed by atoms with van der Waals surface area (Å²) in [6.45, 7) is -3.29. The minimum absolute atomic E-state index is 0.117. The van der Waals surface area contributed by atoms with Crippen LogP contribution in [0.3, 0.4) is 0 Å². The average Bonchev–Trinajstić information content (AvgIpc) is 1.69. The average molecular weight is 1190 g/mol. The van der Waals surface area contributed by atoms with Crippen molar-refractivity contribution in [1.29, 1.82) is 0 Å². The zero-order valence-electron chi connectivity index (χ0n) is 46.5. The van der Waals surface area contributed by atoms with Crippen LogP contribution in [-0.4, -0.2) is 144 Å². The van der Waals surface area contributed by atoms with Gasteiger partial charge < -0.3 is 85.4 Å². The van der Waals surface area contributed by atoms with Gasteiger partial charge in [-0.15, -0.1) is 0 Å². The molecule has 4 heterocycles. The van der Waals surface area contributed by atoms with Crippen LogP contribution < -0.4 is 40.4 Å². The van der Waals surface area contributed by atoms with Crippen LogP contribution in [0.5, 0.6) is 46.0 Å². The van der Waals surface area contributed by atoms with Gasteiger partial charge in [0.2, 0.25) is 5.69 Å². The highest BCUT2D eigenvalue weighted by atomic mass is 16.6. The molecule has 446 valence electrons. The van der Waals surface area contributed by atoms with E-state index in [0.717, 1.165) is 41.7 Å². The Morgan fingerprint density at radius 2 is 1.05 bits per heavy atom. The molecular weight excluding hydrogens is 1130 g/mol. The van der Waals surface area contributed by atoms with E-state index in [0.29, 0.717) is 33.8 Å². The van der Waals surface area contributed by atoms with E-state index in [-0.39, 0.29) is 23.4 Å². The molecule has 10 rings (SSSR count). The number of nitrogens with zero attached hydrogens (tertiary/aromatic N) is 3. The van der Waals surface area contributed by atoms with E-state index < -0.39 is 142 Å².